The molecule has 19 heavy (non-hydrogen) atoms. The molecule has 0 radical (unpaired) electrons. The van der Waals surface area contributed by atoms with E-state index in [1.807, 2.05) is 0 Å². The maximum absolute atomic E-state index is 11.0. The molecule has 4 heteroatoms. The molecular formula is C15H25N3O. The van der Waals surface area contributed by atoms with E-state index in [0.29, 0.717) is 5.92 Å². The molecule has 106 valence electrons. The first-order valence-electron chi connectivity index (χ1n) is 7.65. The number of aliphatic hydroxyl groups is 1. The number of hydrogen-bond donors (Lipinski definition) is 1. The van der Waals surface area contributed by atoms with Gasteiger partial charge in [0, 0.05) is 37.7 Å². The van der Waals surface area contributed by atoms with E-state index in [1.165, 1.54) is 12.2 Å². The highest BCUT2D eigenvalue weighted by Gasteiger charge is 2.45. The molecule has 2 aliphatic rings. The number of rotatable bonds is 4. The molecule has 4 nitrogen and oxygen atoms in total. The van der Waals surface area contributed by atoms with Gasteiger partial charge in [-0.05, 0) is 38.8 Å². The van der Waals surface area contributed by atoms with Crippen LogP contribution in [0, 0.1) is 5.92 Å². The number of piperidine rings is 1. The maximum atomic E-state index is 11.0. The second kappa shape index (κ2) is 4.91. The van der Waals surface area contributed by atoms with Crippen molar-refractivity contribution in [1.29, 1.82) is 0 Å². The molecule has 1 aromatic heterocycles. The molecule has 3 heterocycles. The Morgan fingerprint density at radius 1 is 1.42 bits per heavy atom. The van der Waals surface area contributed by atoms with Gasteiger partial charge in [0.05, 0.1) is 11.3 Å². The maximum Gasteiger partial charge on any atom is 0.0755 e. The first-order chi connectivity index (χ1) is 9.14. The summed E-state index contributed by atoms with van der Waals surface area (Å²) < 4.78 is 2.07. The van der Waals surface area contributed by atoms with Crippen LogP contribution in [-0.4, -0.2) is 45.0 Å². The summed E-state index contributed by atoms with van der Waals surface area (Å²) in [7, 11) is 0. The minimum Gasteiger partial charge on any atom is -0.389 e. The number of nitrogens with zero attached hydrogens (tertiary/aromatic N) is 3. The zero-order valence-electron chi connectivity index (χ0n) is 12.1. The van der Waals surface area contributed by atoms with E-state index in [1.54, 1.807) is 0 Å². The van der Waals surface area contributed by atoms with Gasteiger partial charge in [0.2, 0.25) is 0 Å². The monoisotopic (exact) mass is 263 g/mol. The van der Waals surface area contributed by atoms with Crippen molar-refractivity contribution in [3.05, 3.63) is 17.5 Å². The SMILES string of the molecule is CCc1cc(CC2(O)CCN3CCC2C3)n(CC)n1. The molecule has 1 aromatic rings. The van der Waals surface area contributed by atoms with Crippen LogP contribution in [0.1, 0.15) is 38.1 Å². The van der Waals surface area contributed by atoms with Crippen molar-refractivity contribution in [1.82, 2.24) is 14.7 Å². The van der Waals surface area contributed by atoms with Crippen LogP contribution >= 0.6 is 0 Å². The van der Waals surface area contributed by atoms with E-state index in [2.05, 4.69) is 34.6 Å². The summed E-state index contributed by atoms with van der Waals surface area (Å²) in [6.07, 6.45) is 3.80. The number of fused-ring (bicyclic) bond motifs is 2. The van der Waals surface area contributed by atoms with Gasteiger partial charge in [-0.2, -0.15) is 5.10 Å². The van der Waals surface area contributed by atoms with Gasteiger partial charge < -0.3 is 10.0 Å². The van der Waals surface area contributed by atoms with Gasteiger partial charge in [0.15, 0.2) is 0 Å². The lowest BCUT2D eigenvalue weighted by Crippen LogP contribution is -2.48. The van der Waals surface area contributed by atoms with E-state index < -0.39 is 5.60 Å². The Labute approximate surface area is 115 Å². The first kappa shape index (κ1) is 13.1. The Morgan fingerprint density at radius 3 is 3.00 bits per heavy atom. The summed E-state index contributed by atoms with van der Waals surface area (Å²) in [5, 5.41) is 15.6. The predicted octanol–water partition coefficient (Wildman–Crippen LogP) is 1.46. The summed E-state index contributed by atoms with van der Waals surface area (Å²) in [4.78, 5) is 2.48. The molecule has 2 saturated heterocycles. The largest absolute Gasteiger partial charge is 0.389 e. The van der Waals surface area contributed by atoms with Crippen LogP contribution in [0.2, 0.25) is 0 Å². The lowest BCUT2D eigenvalue weighted by atomic mass is 9.79. The van der Waals surface area contributed by atoms with Gasteiger partial charge in [-0.15, -0.1) is 0 Å². The minimum absolute atomic E-state index is 0.450. The summed E-state index contributed by atoms with van der Waals surface area (Å²) in [6, 6.07) is 2.18. The van der Waals surface area contributed by atoms with Crippen LogP contribution in [0.25, 0.3) is 0 Å². The van der Waals surface area contributed by atoms with Crippen molar-refractivity contribution in [2.24, 2.45) is 5.92 Å². The third kappa shape index (κ3) is 2.32. The zero-order chi connectivity index (χ0) is 13.5. The van der Waals surface area contributed by atoms with Crippen molar-refractivity contribution < 1.29 is 5.11 Å². The van der Waals surface area contributed by atoms with Crippen LogP contribution < -0.4 is 0 Å². The molecule has 0 amide bonds. The lowest BCUT2D eigenvalue weighted by molar-refractivity contribution is -0.0452. The summed E-state index contributed by atoms with van der Waals surface area (Å²) >= 11 is 0. The van der Waals surface area contributed by atoms with Crippen molar-refractivity contribution in [3.63, 3.8) is 0 Å². The van der Waals surface area contributed by atoms with Gasteiger partial charge in [-0.3, -0.25) is 4.68 Å². The molecule has 0 saturated carbocycles. The fourth-order valence-electron chi connectivity index (χ4n) is 3.68. The molecule has 3 atom stereocenters. The van der Waals surface area contributed by atoms with Gasteiger partial charge in [-0.25, -0.2) is 0 Å². The Morgan fingerprint density at radius 2 is 2.26 bits per heavy atom. The van der Waals surface area contributed by atoms with Crippen molar-refractivity contribution in [3.8, 4) is 0 Å². The molecule has 1 N–H and O–H groups in total. The van der Waals surface area contributed by atoms with E-state index in [9.17, 15) is 5.11 Å². The normalized spacial score (nSPS) is 33.8. The number of hydrogen-bond acceptors (Lipinski definition) is 3. The van der Waals surface area contributed by atoms with Crippen molar-refractivity contribution >= 4 is 0 Å². The highest BCUT2D eigenvalue weighted by molar-refractivity contribution is 5.15. The van der Waals surface area contributed by atoms with Crippen LogP contribution in [0.4, 0.5) is 0 Å². The highest BCUT2D eigenvalue weighted by atomic mass is 16.3. The summed E-state index contributed by atoms with van der Waals surface area (Å²) in [5.74, 6) is 0.450. The average molecular weight is 263 g/mol. The summed E-state index contributed by atoms with van der Waals surface area (Å²) in [5.41, 5.74) is 1.84. The number of aromatic nitrogens is 2. The molecule has 0 aromatic carbocycles. The third-order valence-electron chi connectivity index (χ3n) is 4.96. The second-order valence-electron chi connectivity index (χ2n) is 6.11. The topological polar surface area (TPSA) is 41.3 Å². The average Bonchev–Trinajstić information content (AvgIpc) is 2.99. The van der Waals surface area contributed by atoms with E-state index in [0.717, 1.165) is 51.0 Å². The minimum atomic E-state index is -0.509. The summed E-state index contributed by atoms with van der Waals surface area (Å²) in [6.45, 7) is 8.45. The van der Waals surface area contributed by atoms with Crippen LogP contribution in [-0.2, 0) is 19.4 Å². The molecule has 2 fully saturated rings. The third-order valence-corrected chi connectivity index (χ3v) is 4.96. The highest BCUT2D eigenvalue weighted by Crippen LogP contribution is 2.37. The van der Waals surface area contributed by atoms with Crippen LogP contribution in [0.15, 0.2) is 6.07 Å². The van der Waals surface area contributed by atoms with Gasteiger partial charge in [0.25, 0.3) is 0 Å². The Balaban J connectivity index is 1.81. The van der Waals surface area contributed by atoms with Gasteiger partial charge >= 0.3 is 0 Å². The van der Waals surface area contributed by atoms with Crippen LogP contribution in [0.3, 0.4) is 0 Å². The van der Waals surface area contributed by atoms with Crippen LogP contribution in [0.5, 0.6) is 0 Å². The lowest BCUT2D eigenvalue weighted by Gasteiger charge is -2.38. The number of aryl methyl sites for hydroxylation is 2. The standard InChI is InChI=1S/C15H25N3O/c1-3-13-9-14(18(4-2)16-13)10-15(19)6-8-17-7-5-12(15)11-17/h9,12,19H,3-8,10-11H2,1-2H3. The molecule has 3 rings (SSSR count). The van der Waals surface area contributed by atoms with Gasteiger partial charge in [-0.1, -0.05) is 6.92 Å². The molecule has 2 aliphatic heterocycles. The quantitative estimate of drug-likeness (QED) is 0.894. The van der Waals surface area contributed by atoms with E-state index in [4.69, 9.17) is 0 Å². The second-order valence-corrected chi connectivity index (χ2v) is 6.11. The zero-order valence-corrected chi connectivity index (χ0v) is 12.1. The molecule has 0 aliphatic carbocycles. The van der Waals surface area contributed by atoms with Crippen molar-refractivity contribution in [2.45, 2.75) is 51.7 Å². The van der Waals surface area contributed by atoms with E-state index in [-0.39, 0.29) is 0 Å². The van der Waals surface area contributed by atoms with Gasteiger partial charge in [0.1, 0.15) is 0 Å². The molecule has 3 unspecified atom stereocenters. The molecule has 0 spiro atoms. The fraction of sp³-hybridized carbons (Fsp3) is 0.800. The first-order valence-corrected chi connectivity index (χ1v) is 7.65. The Hall–Kier alpha value is -0.870. The molecule has 2 bridgehead atoms. The predicted molar refractivity (Wildman–Crippen MR) is 75.1 cm³/mol. The Kier molecular flexibility index (Phi) is 3.39. The smallest absolute Gasteiger partial charge is 0.0755 e. The fourth-order valence-corrected chi connectivity index (χ4v) is 3.68. The van der Waals surface area contributed by atoms with Crippen molar-refractivity contribution in [2.75, 3.05) is 19.6 Å². The molecular weight excluding hydrogens is 238 g/mol. The Bertz CT molecular complexity index is 456. The van der Waals surface area contributed by atoms with E-state index >= 15 is 0 Å².